The van der Waals surface area contributed by atoms with E-state index in [0.717, 1.165) is 12.8 Å². The number of nitrogen functional groups attached to an aromatic ring is 1. The van der Waals surface area contributed by atoms with Crippen molar-refractivity contribution in [2.45, 2.75) is 39.2 Å². The van der Waals surface area contributed by atoms with Crippen molar-refractivity contribution in [1.29, 1.82) is 0 Å². The van der Waals surface area contributed by atoms with Gasteiger partial charge in [-0.05, 0) is 25.5 Å². The molecule has 0 fully saturated rings. The maximum absolute atomic E-state index is 11.9. The molecule has 0 heterocycles. The largest absolute Gasteiger partial charge is 0.493 e. The first-order chi connectivity index (χ1) is 9.04. The molecule has 0 aliphatic carbocycles. The van der Waals surface area contributed by atoms with Crippen LogP contribution in [0.15, 0.2) is 24.3 Å². The van der Waals surface area contributed by atoms with Crippen molar-refractivity contribution in [3.63, 3.8) is 0 Å². The molecule has 0 saturated heterocycles. The van der Waals surface area contributed by atoms with Gasteiger partial charge in [-0.1, -0.05) is 19.4 Å². The number of benzene rings is 1. The van der Waals surface area contributed by atoms with Crippen LogP contribution in [0.4, 0.5) is 5.69 Å². The molecule has 1 atom stereocenters. The zero-order valence-electron chi connectivity index (χ0n) is 12.1. The van der Waals surface area contributed by atoms with Crippen LogP contribution in [0.1, 0.15) is 33.1 Å². The van der Waals surface area contributed by atoms with E-state index < -0.39 is 0 Å². The third kappa shape index (κ3) is 5.20. The Bertz CT molecular complexity index is 407. The normalized spacial score (nSPS) is 11.9. The second kappa shape index (κ2) is 7.67. The first kappa shape index (κ1) is 15.3. The van der Waals surface area contributed by atoms with E-state index in [-0.39, 0.29) is 11.9 Å². The SMILES string of the molecule is CCCC(C)N(C)C(=O)CCOc1cccc(N)c1. The zero-order chi connectivity index (χ0) is 14.3. The van der Waals surface area contributed by atoms with Crippen molar-refractivity contribution >= 4 is 11.6 Å². The molecule has 19 heavy (non-hydrogen) atoms. The van der Waals surface area contributed by atoms with Crippen molar-refractivity contribution in [3.05, 3.63) is 24.3 Å². The quantitative estimate of drug-likeness (QED) is 0.770. The number of carbonyl (C=O) groups excluding carboxylic acids is 1. The standard InChI is InChI=1S/C15H24N2O2/c1-4-6-12(2)17(3)15(18)9-10-19-14-8-5-7-13(16)11-14/h5,7-8,11-12H,4,6,9-10,16H2,1-3H3. The fourth-order valence-corrected chi connectivity index (χ4v) is 1.89. The summed E-state index contributed by atoms with van der Waals surface area (Å²) in [4.78, 5) is 13.7. The number of rotatable bonds is 7. The van der Waals surface area contributed by atoms with Crippen molar-refractivity contribution in [3.8, 4) is 5.75 Å². The highest BCUT2D eigenvalue weighted by Gasteiger charge is 2.14. The number of hydrogen-bond donors (Lipinski definition) is 1. The Morgan fingerprint density at radius 2 is 2.21 bits per heavy atom. The Morgan fingerprint density at radius 1 is 1.47 bits per heavy atom. The molecule has 0 aliphatic rings. The molecule has 4 heteroatoms. The summed E-state index contributed by atoms with van der Waals surface area (Å²) in [6.45, 7) is 4.57. The number of nitrogens with two attached hydrogens (primary N) is 1. The number of carbonyl (C=O) groups is 1. The minimum atomic E-state index is 0.116. The minimum absolute atomic E-state index is 0.116. The van der Waals surface area contributed by atoms with E-state index in [9.17, 15) is 4.79 Å². The van der Waals surface area contributed by atoms with Crippen LogP contribution in [0, 0.1) is 0 Å². The van der Waals surface area contributed by atoms with Gasteiger partial charge in [0, 0.05) is 24.8 Å². The van der Waals surface area contributed by atoms with E-state index in [4.69, 9.17) is 10.5 Å². The Hall–Kier alpha value is -1.71. The van der Waals surface area contributed by atoms with Crippen molar-refractivity contribution in [2.75, 3.05) is 19.4 Å². The Morgan fingerprint density at radius 3 is 2.84 bits per heavy atom. The zero-order valence-corrected chi connectivity index (χ0v) is 12.1. The van der Waals surface area contributed by atoms with E-state index >= 15 is 0 Å². The fourth-order valence-electron chi connectivity index (χ4n) is 1.89. The van der Waals surface area contributed by atoms with Gasteiger partial charge in [0.1, 0.15) is 5.75 Å². The fraction of sp³-hybridized carbons (Fsp3) is 0.533. The maximum atomic E-state index is 11.9. The average molecular weight is 264 g/mol. The third-order valence-electron chi connectivity index (χ3n) is 3.20. The predicted octanol–water partition coefficient (Wildman–Crippen LogP) is 2.68. The lowest BCUT2D eigenvalue weighted by Crippen LogP contribution is -2.35. The number of hydrogen-bond acceptors (Lipinski definition) is 3. The lowest BCUT2D eigenvalue weighted by molar-refractivity contribution is -0.132. The molecule has 1 aromatic rings. The summed E-state index contributed by atoms with van der Waals surface area (Å²) in [5.41, 5.74) is 6.32. The molecule has 1 aromatic carbocycles. The topological polar surface area (TPSA) is 55.6 Å². The maximum Gasteiger partial charge on any atom is 0.225 e. The van der Waals surface area contributed by atoms with Gasteiger partial charge in [-0.2, -0.15) is 0 Å². The van der Waals surface area contributed by atoms with Crippen LogP contribution in [0.2, 0.25) is 0 Å². The van der Waals surface area contributed by atoms with Gasteiger partial charge >= 0.3 is 0 Å². The number of ether oxygens (including phenoxy) is 1. The van der Waals surface area contributed by atoms with Gasteiger partial charge in [0.25, 0.3) is 0 Å². The lowest BCUT2D eigenvalue weighted by Gasteiger charge is -2.24. The van der Waals surface area contributed by atoms with Crippen LogP contribution < -0.4 is 10.5 Å². The summed E-state index contributed by atoms with van der Waals surface area (Å²) in [7, 11) is 1.85. The molecule has 0 spiro atoms. The summed E-state index contributed by atoms with van der Waals surface area (Å²) >= 11 is 0. The molecule has 0 bridgehead atoms. The van der Waals surface area contributed by atoms with Crippen LogP contribution in [0.3, 0.4) is 0 Å². The van der Waals surface area contributed by atoms with E-state index in [0.29, 0.717) is 24.5 Å². The van der Waals surface area contributed by atoms with Gasteiger partial charge in [0.15, 0.2) is 0 Å². The van der Waals surface area contributed by atoms with E-state index in [1.54, 1.807) is 17.0 Å². The molecule has 0 aromatic heterocycles. The van der Waals surface area contributed by atoms with E-state index in [2.05, 4.69) is 13.8 Å². The molecule has 2 N–H and O–H groups in total. The van der Waals surface area contributed by atoms with Gasteiger partial charge in [-0.3, -0.25) is 4.79 Å². The van der Waals surface area contributed by atoms with Gasteiger partial charge in [-0.15, -0.1) is 0 Å². The van der Waals surface area contributed by atoms with E-state index in [1.807, 2.05) is 19.2 Å². The smallest absolute Gasteiger partial charge is 0.225 e. The van der Waals surface area contributed by atoms with Crippen LogP contribution >= 0.6 is 0 Å². The summed E-state index contributed by atoms with van der Waals surface area (Å²) in [6, 6.07) is 7.52. The summed E-state index contributed by atoms with van der Waals surface area (Å²) in [5, 5.41) is 0. The van der Waals surface area contributed by atoms with Gasteiger partial charge in [0.2, 0.25) is 5.91 Å². The molecular weight excluding hydrogens is 240 g/mol. The van der Waals surface area contributed by atoms with Crippen molar-refractivity contribution in [2.24, 2.45) is 0 Å². The Balaban J connectivity index is 2.34. The molecule has 0 saturated carbocycles. The molecule has 1 amide bonds. The number of nitrogens with zero attached hydrogens (tertiary/aromatic N) is 1. The first-order valence-electron chi connectivity index (χ1n) is 6.78. The van der Waals surface area contributed by atoms with E-state index in [1.165, 1.54) is 0 Å². The highest BCUT2D eigenvalue weighted by molar-refractivity contribution is 5.76. The van der Waals surface area contributed by atoms with Crippen LogP contribution in [-0.4, -0.2) is 30.5 Å². The first-order valence-corrected chi connectivity index (χ1v) is 6.78. The molecule has 1 rings (SSSR count). The second-order valence-electron chi connectivity index (χ2n) is 4.81. The summed E-state index contributed by atoms with van der Waals surface area (Å²) in [5.74, 6) is 0.821. The lowest BCUT2D eigenvalue weighted by atomic mass is 10.1. The number of anilines is 1. The molecule has 4 nitrogen and oxygen atoms in total. The Labute approximate surface area is 115 Å². The predicted molar refractivity (Wildman–Crippen MR) is 78.1 cm³/mol. The Kier molecular flexibility index (Phi) is 6.19. The van der Waals surface area contributed by atoms with Gasteiger partial charge in [0.05, 0.1) is 13.0 Å². The molecule has 1 unspecified atom stereocenters. The third-order valence-corrected chi connectivity index (χ3v) is 3.20. The molecule has 106 valence electrons. The average Bonchev–Trinajstić information content (AvgIpc) is 2.38. The van der Waals surface area contributed by atoms with Crippen LogP contribution in [0.5, 0.6) is 5.75 Å². The number of amides is 1. The van der Waals surface area contributed by atoms with Gasteiger partial charge < -0.3 is 15.4 Å². The van der Waals surface area contributed by atoms with Crippen LogP contribution in [0.25, 0.3) is 0 Å². The monoisotopic (exact) mass is 264 g/mol. The minimum Gasteiger partial charge on any atom is -0.493 e. The summed E-state index contributed by atoms with van der Waals surface area (Å²) < 4.78 is 5.52. The highest BCUT2D eigenvalue weighted by atomic mass is 16.5. The van der Waals surface area contributed by atoms with Crippen LogP contribution in [-0.2, 0) is 4.79 Å². The molecule has 0 radical (unpaired) electrons. The van der Waals surface area contributed by atoms with Gasteiger partial charge in [-0.25, -0.2) is 0 Å². The molecular formula is C15H24N2O2. The second-order valence-corrected chi connectivity index (χ2v) is 4.81. The summed E-state index contributed by atoms with van der Waals surface area (Å²) in [6.07, 6.45) is 2.50. The molecule has 0 aliphatic heterocycles. The van der Waals surface area contributed by atoms with Crippen molar-refractivity contribution in [1.82, 2.24) is 4.90 Å². The van der Waals surface area contributed by atoms with Crippen molar-refractivity contribution < 1.29 is 9.53 Å². The highest BCUT2D eigenvalue weighted by Crippen LogP contribution is 2.14.